The van der Waals surface area contributed by atoms with Crippen molar-refractivity contribution in [3.63, 3.8) is 0 Å². The molecule has 1 N–H and O–H groups in total. The lowest BCUT2D eigenvalue weighted by Crippen LogP contribution is -2.44. The number of carbonyl (C=O) groups is 1. The molecule has 1 aliphatic carbocycles. The molecule has 1 aromatic carbocycles. The summed E-state index contributed by atoms with van der Waals surface area (Å²) in [6.45, 7) is 7.83. The van der Waals surface area contributed by atoms with Crippen molar-refractivity contribution in [2.45, 2.75) is 71.3 Å². The van der Waals surface area contributed by atoms with Crippen molar-refractivity contribution in [3.8, 4) is 0 Å². The van der Waals surface area contributed by atoms with E-state index in [1.54, 1.807) is 0 Å². The third-order valence-corrected chi connectivity index (χ3v) is 6.83. The van der Waals surface area contributed by atoms with Crippen LogP contribution < -0.4 is 0 Å². The molecule has 0 spiro atoms. The highest BCUT2D eigenvalue weighted by Crippen LogP contribution is 2.42. The first-order valence-corrected chi connectivity index (χ1v) is 11.8. The van der Waals surface area contributed by atoms with Crippen molar-refractivity contribution < 1.29 is 9.90 Å². The van der Waals surface area contributed by atoms with E-state index in [2.05, 4.69) is 47.9 Å². The van der Waals surface area contributed by atoms with E-state index in [1.165, 1.54) is 43.2 Å². The van der Waals surface area contributed by atoms with Crippen molar-refractivity contribution in [1.82, 2.24) is 9.80 Å². The molecule has 0 bridgehead atoms. The first kappa shape index (κ1) is 22.3. The van der Waals surface area contributed by atoms with Gasteiger partial charge in [-0.2, -0.15) is 0 Å². The molecular formula is C25H40N2O2. The maximum Gasteiger partial charge on any atom is 0.224 e. The van der Waals surface area contributed by atoms with Gasteiger partial charge in [-0.05, 0) is 55.2 Å². The van der Waals surface area contributed by atoms with Gasteiger partial charge in [-0.25, -0.2) is 0 Å². The number of rotatable bonds is 9. The number of benzene rings is 1. The number of fused-ring (bicyclic) bond motifs is 1. The Morgan fingerprint density at radius 2 is 1.90 bits per heavy atom. The van der Waals surface area contributed by atoms with Gasteiger partial charge in [0.1, 0.15) is 0 Å². The molecule has 162 valence electrons. The van der Waals surface area contributed by atoms with Crippen LogP contribution in [0, 0.1) is 11.8 Å². The molecule has 1 aromatic rings. The van der Waals surface area contributed by atoms with E-state index in [9.17, 15) is 9.90 Å². The van der Waals surface area contributed by atoms with Crippen molar-refractivity contribution in [2.75, 3.05) is 32.8 Å². The zero-order valence-corrected chi connectivity index (χ0v) is 18.5. The Kier molecular flexibility index (Phi) is 8.55. The van der Waals surface area contributed by atoms with Gasteiger partial charge in [0.15, 0.2) is 0 Å². The smallest absolute Gasteiger partial charge is 0.224 e. The number of hydrogen-bond acceptors (Lipinski definition) is 3. The predicted molar refractivity (Wildman–Crippen MR) is 119 cm³/mol. The Bertz CT molecular complexity index is 639. The molecule has 1 heterocycles. The van der Waals surface area contributed by atoms with Gasteiger partial charge in [0.25, 0.3) is 0 Å². The number of aliphatic hydroxyl groups excluding tert-OH is 1. The van der Waals surface area contributed by atoms with Gasteiger partial charge < -0.3 is 14.9 Å². The van der Waals surface area contributed by atoms with E-state index in [1.807, 2.05) is 0 Å². The molecule has 1 atom stereocenters. The number of amides is 1. The highest BCUT2D eigenvalue weighted by atomic mass is 16.3. The molecule has 3 rings (SSSR count). The Labute approximate surface area is 177 Å². The molecule has 0 radical (unpaired) electrons. The van der Waals surface area contributed by atoms with E-state index in [0.717, 1.165) is 32.5 Å². The van der Waals surface area contributed by atoms with Crippen LogP contribution in [-0.2, 0) is 11.2 Å². The normalized spacial score (nSPS) is 20.3. The van der Waals surface area contributed by atoms with Gasteiger partial charge in [0, 0.05) is 26.1 Å². The second-order valence-corrected chi connectivity index (χ2v) is 9.38. The molecule has 2 aliphatic rings. The van der Waals surface area contributed by atoms with Crippen molar-refractivity contribution in [3.05, 3.63) is 35.4 Å². The minimum Gasteiger partial charge on any atom is -0.395 e. The average molecular weight is 401 g/mol. The Balaban J connectivity index is 1.68. The fraction of sp³-hybridized carbons (Fsp3) is 0.720. The molecule has 1 saturated carbocycles. The molecule has 1 fully saturated rings. The second kappa shape index (κ2) is 11.1. The summed E-state index contributed by atoms with van der Waals surface area (Å²) in [5, 5.41) is 9.40. The number of carbonyl (C=O) groups excluding carboxylic acids is 1. The van der Waals surface area contributed by atoms with Crippen LogP contribution in [0.4, 0.5) is 0 Å². The summed E-state index contributed by atoms with van der Waals surface area (Å²) in [4.78, 5) is 17.8. The Morgan fingerprint density at radius 3 is 2.62 bits per heavy atom. The van der Waals surface area contributed by atoms with Crippen LogP contribution >= 0.6 is 0 Å². The first-order valence-electron chi connectivity index (χ1n) is 11.8. The SMILES string of the molecule is CC(C)CCN(CCO)CCC(=O)N1CCc2ccccc2C1C1CCCCC1. The van der Waals surface area contributed by atoms with Gasteiger partial charge in [-0.1, -0.05) is 57.4 Å². The highest BCUT2D eigenvalue weighted by Gasteiger charge is 2.36. The van der Waals surface area contributed by atoms with Crippen LogP contribution in [0.1, 0.15) is 76.0 Å². The molecule has 1 aliphatic heterocycles. The van der Waals surface area contributed by atoms with E-state index in [0.29, 0.717) is 30.7 Å². The molecule has 0 aromatic heterocycles. The van der Waals surface area contributed by atoms with Crippen molar-refractivity contribution >= 4 is 5.91 Å². The third kappa shape index (κ3) is 6.05. The summed E-state index contributed by atoms with van der Waals surface area (Å²) in [6, 6.07) is 9.04. The Hall–Kier alpha value is -1.39. The molecule has 0 saturated heterocycles. The Morgan fingerprint density at radius 1 is 1.14 bits per heavy atom. The largest absolute Gasteiger partial charge is 0.395 e. The summed E-state index contributed by atoms with van der Waals surface area (Å²) in [5.74, 6) is 1.53. The van der Waals surface area contributed by atoms with Crippen LogP contribution in [0.2, 0.25) is 0 Å². The van der Waals surface area contributed by atoms with Crippen LogP contribution in [0.5, 0.6) is 0 Å². The molecule has 29 heavy (non-hydrogen) atoms. The summed E-state index contributed by atoms with van der Waals surface area (Å²) >= 11 is 0. The zero-order chi connectivity index (χ0) is 20.6. The summed E-state index contributed by atoms with van der Waals surface area (Å²) < 4.78 is 0. The fourth-order valence-corrected chi connectivity index (χ4v) is 5.15. The topological polar surface area (TPSA) is 43.8 Å². The molecule has 1 unspecified atom stereocenters. The minimum atomic E-state index is 0.161. The van der Waals surface area contributed by atoms with E-state index < -0.39 is 0 Å². The van der Waals surface area contributed by atoms with Gasteiger partial charge >= 0.3 is 0 Å². The zero-order valence-electron chi connectivity index (χ0n) is 18.5. The van der Waals surface area contributed by atoms with Crippen LogP contribution in [0.15, 0.2) is 24.3 Å². The first-order chi connectivity index (χ1) is 14.1. The average Bonchev–Trinajstić information content (AvgIpc) is 2.75. The van der Waals surface area contributed by atoms with Crippen LogP contribution in [0.3, 0.4) is 0 Å². The van der Waals surface area contributed by atoms with Crippen molar-refractivity contribution in [2.24, 2.45) is 11.8 Å². The lowest BCUT2D eigenvalue weighted by Gasteiger charge is -2.43. The van der Waals surface area contributed by atoms with Gasteiger partial charge in [0.2, 0.25) is 5.91 Å². The van der Waals surface area contributed by atoms with E-state index in [-0.39, 0.29) is 12.6 Å². The van der Waals surface area contributed by atoms with Gasteiger partial charge in [-0.15, -0.1) is 0 Å². The number of nitrogens with zero attached hydrogens (tertiary/aromatic N) is 2. The van der Waals surface area contributed by atoms with E-state index in [4.69, 9.17) is 0 Å². The summed E-state index contributed by atoms with van der Waals surface area (Å²) in [6.07, 6.45) is 9.06. The quantitative estimate of drug-likeness (QED) is 0.667. The number of hydrogen-bond donors (Lipinski definition) is 1. The van der Waals surface area contributed by atoms with Crippen LogP contribution in [-0.4, -0.2) is 53.6 Å². The van der Waals surface area contributed by atoms with Crippen LogP contribution in [0.25, 0.3) is 0 Å². The molecule has 1 amide bonds. The molecule has 4 heteroatoms. The molecule has 4 nitrogen and oxygen atoms in total. The number of aliphatic hydroxyl groups is 1. The highest BCUT2D eigenvalue weighted by molar-refractivity contribution is 5.77. The summed E-state index contributed by atoms with van der Waals surface area (Å²) in [7, 11) is 0. The monoisotopic (exact) mass is 400 g/mol. The second-order valence-electron chi connectivity index (χ2n) is 9.38. The molecular weight excluding hydrogens is 360 g/mol. The van der Waals surface area contributed by atoms with Crippen molar-refractivity contribution in [1.29, 1.82) is 0 Å². The standard InChI is InChI=1S/C25H40N2O2/c1-20(2)12-15-26(18-19-28)16-14-24(29)27-17-13-21-8-6-7-11-23(21)25(27)22-9-4-3-5-10-22/h6-8,11,20,22,25,28H,3-5,9-10,12-19H2,1-2H3. The van der Waals surface area contributed by atoms with Gasteiger partial charge in [-0.3, -0.25) is 4.79 Å². The van der Waals surface area contributed by atoms with E-state index >= 15 is 0 Å². The predicted octanol–water partition coefficient (Wildman–Crippen LogP) is 4.42. The lowest BCUT2D eigenvalue weighted by atomic mass is 9.77. The minimum absolute atomic E-state index is 0.161. The maximum absolute atomic E-state index is 13.3. The third-order valence-electron chi connectivity index (χ3n) is 6.83. The van der Waals surface area contributed by atoms with Gasteiger partial charge in [0.05, 0.1) is 12.6 Å². The fourth-order valence-electron chi connectivity index (χ4n) is 5.15. The maximum atomic E-state index is 13.3. The summed E-state index contributed by atoms with van der Waals surface area (Å²) in [5.41, 5.74) is 2.83. The lowest BCUT2D eigenvalue weighted by molar-refractivity contribution is -0.136.